The van der Waals surface area contributed by atoms with E-state index in [2.05, 4.69) is 23.9 Å². The van der Waals surface area contributed by atoms with Crippen molar-refractivity contribution in [2.45, 2.75) is 34.1 Å². The molecule has 4 rings (SSSR count). The molecule has 160 valence electrons. The number of aryl methyl sites for hydroxylation is 1. The molecule has 0 saturated heterocycles. The fourth-order valence-electron chi connectivity index (χ4n) is 3.57. The number of halogens is 2. The Balaban J connectivity index is 1.71. The lowest BCUT2D eigenvalue weighted by Gasteiger charge is -2.20. The molecule has 0 saturated carbocycles. The van der Waals surface area contributed by atoms with E-state index in [0.717, 1.165) is 34.1 Å². The molecule has 0 bridgehead atoms. The maximum Gasteiger partial charge on any atom is 0.283 e. The summed E-state index contributed by atoms with van der Waals surface area (Å²) in [5, 5.41) is 16.8. The number of aliphatic imine (C=N–C) groups is 1. The van der Waals surface area contributed by atoms with Crippen molar-refractivity contribution in [3.8, 4) is 5.69 Å². The number of thioether (sulfide) groups is 1. The molecular formula is C22H21Cl2N5OS. The monoisotopic (exact) mass is 473 g/mol. The number of amides is 1. The van der Waals surface area contributed by atoms with E-state index < -0.39 is 5.91 Å². The van der Waals surface area contributed by atoms with Gasteiger partial charge < -0.3 is 4.57 Å². The number of fused-ring (bicyclic) bond motifs is 1. The number of carbonyl (C=O) groups excluding carboxylic acids is 1. The van der Waals surface area contributed by atoms with Crippen molar-refractivity contribution in [3.05, 3.63) is 56.8 Å². The van der Waals surface area contributed by atoms with Crippen molar-refractivity contribution in [1.29, 1.82) is 5.41 Å². The van der Waals surface area contributed by atoms with Crippen molar-refractivity contribution in [3.63, 3.8) is 0 Å². The number of hydrogen-bond donors (Lipinski definition) is 1. The standard InChI is InChI=1S/C22H21Cl2N5OS/c1-11(2)7-19-27-29-20(25)16(21(30)26-22(29)31-19)9-14-8-12(3)28(13(14)4)15-5-6-17(23)18(24)10-15/h5-6,8-11,25H,7H2,1-4H3/b16-9+,25-20?. The number of hydrogen-bond acceptors (Lipinski definition) is 4. The van der Waals surface area contributed by atoms with Crippen molar-refractivity contribution >= 4 is 63.0 Å². The molecule has 0 atom stereocenters. The molecule has 0 aliphatic carbocycles. The second-order valence-corrected chi connectivity index (χ2v) is 9.73. The summed E-state index contributed by atoms with van der Waals surface area (Å²) in [6, 6.07) is 7.42. The van der Waals surface area contributed by atoms with Crippen LogP contribution in [-0.4, -0.2) is 31.5 Å². The van der Waals surface area contributed by atoms with Gasteiger partial charge in [0.25, 0.3) is 5.91 Å². The molecule has 1 amide bonds. The molecule has 1 N–H and O–H groups in total. The van der Waals surface area contributed by atoms with E-state index in [4.69, 9.17) is 28.6 Å². The number of amidine groups is 2. The number of rotatable bonds is 4. The molecule has 9 heteroatoms. The lowest BCUT2D eigenvalue weighted by Crippen LogP contribution is -2.35. The van der Waals surface area contributed by atoms with E-state index in [1.165, 1.54) is 16.8 Å². The van der Waals surface area contributed by atoms with Gasteiger partial charge in [-0.25, -0.2) is 0 Å². The molecule has 0 spiro atoms. The minimum atomic E-state index is -0.427. The third kappa shape index (κ3) is 4.10. The molecule has 6 nitrogen and oxygen atoms in total. The zero-order valence-electron chi connectivity index (χ0n) is 17.5. The number of aromatic nitrogens is 1. The number of carbonyl (C=O) groups is 1. The van der Waals surface area contributed by atoms with Gasteiger partial charge in [-0.3, -0.25) is 10.2 Å². The van der Waals surface area contributed by atoms with Crippen LogP contribution >= 0.6 is 35.0 Å². The smallest absolute Gasteiger partial charge is 0.283 e. The lowest BCUT2D eigenvalue weighted by atomic mass is 10.1. The molecule has 0 unspecified atom stereocenters. The summed E-state index contributed by atoms with van der Waals surface area (Å²) in [4.78, 5) is 16.9. The van der Waals surface area contributed by atoms with Crippen LogP contribution in [0.15, 0.2) is 39.9 Å². The number of hydrazone groups is 1. The number of nitrogens with one attached hydrogen (secondary N) is 1. The van der Waals surface area contributed by atoms with Gasteiger partial charge in [0.2, 0.25) is 5.17 Å². The van der Waals surface area contributed by atoms with Gasteiger partial charge in [0, 0.05) is 23.5 Å². The summed E-state index contributed by atoms with van der Waals surface area (Å²) < 4.78 is 2.03. The highest BCUT2D eigenvalue weighted by Gasteiger charge is 2.35. The first-order valence-electron chi connectivity index (χ1n) is 9.79. The van der Waals surface area contributed by atoms with Crippen LogP contribution in [0.25, 0.3) is 11.8 Å². The molecule has 2 aliphatic rings. The van der Waals surface area contributed by atoms with Crippen LogP contribution in [0, 0.1) is 25.2 Å². The van der Waals surface area contributed by atoms with Gasteiger partial charge >= 0.3 is 0 Å². The van der Waals surface area contributed by atoms with E-state index in [1.54, 1.807) is 18.2 Å². The summed E-state index contributed by atoms with van der Waals surface area (Å²) in [7, 11) is 0. The molecule has 1 aromatic heterocycles. The van der Waals surface area contributed by atoms with Gasteiger partial charge in [-0.1, -0.05) is 37.0 Å². The largest absolute Gasteiger partial charge is 0.318 e. The van der Waals surface area contributed by atoms with Gasteiger partial charge in [0.15, 0.2) is 5.84 Å². The van der Waals surface area contributed by atoms with Gasteiger partial charge in [-0.05, 0) is 67.4 Å². The van der Waals surface area contributed by atoms with E-state index in [0.29, 0.717) is 21.1 Å². The zero-order valence-corrected chi connectivity index (χ0v) is 19.9. The molecule has 2 aliphatic heterocycles. The topological polar surface area (TPSA) is 73.8 Å². The van der Waals surface area contributed by atoms with Crippen LogP contribution in [0.4, 0.5) is 0 Å². The fraction of sp³-hybridized carbons (Fsp3) is 0.273. The Labute approximate surface area is 195 Å². The Bertz CT molecular complexity index is 1210. The third-order valence-electron chi connectivity index (χ3n) is 5.01. The minimum absolute atomic E-state index is 0.0422. The normalized spacial score (nSPS) is 17.5. The van der Waals surface area contributed by atoms with Crippen LogP contribution in [-0.2, 0) is 4.79 Å². The fourth-order valence-corrected chi connectivity index (χ4v) is 4.96. The molecule has 31 heavy (non-hydrogen) atoms. The van der Waals surface area contributed by atoms with E-state index in [9.17, 15) is 4.79 Å². The van der Waals surface area contributed by atoms with Crippen molar-refractivity contribution in [2.24, 2.45) is 16.0 Å². The van der Waals surface area contributed by atoms with Gasteiger partial charge in [0.05, 0.1) is 15.6 Å². The molecule has 1 aromatic carbocycles. The number of benzene rings is 1. The average Bonchev–Trinajstić information content (AvgIpc) is 3.20. The lowest BCUT2D eigenvalue weighted by molar-refractivity contribution is -0.114. The third-order valence-corrected chi connectivity index (χ3v) is 6.68. The van der Waals surface area contributed by atoms with E-state index >= 15 is 0 Å². The highest BCUT2D eigenvalue weighted by molar-refractivity contribution is 8.26. The zero-order chi connectivity index (χ0) is 22.4. The van der Waals surface area contributed by atoms with Crippen LogP contribution < -0.4 is 0 Å². The Hall–Kier alpha value is -2.35. The maximum absolute atomic E-state index is 12.7. The summed E-state index contributed by atoms with van der Waals surface area (Å²) in [5.74, 6) is 0.0459. The van der Waals surface area contributed by atoms with Crippen molar-refractivity contribution in [1.82, 2.24) is 9.58 Å². The predicted octanol–water partition coefficient (Wildman–Crippen LogP) is 6.07. The van der Waals surface area contributed by atoms with Crippen LogP contribution in [0.3, 0.4) is 0 Å². The molecule has 0 fully saturated rings. The van der Waals surface area contributed by atoms with Crippen LogP contribution in [0.1, 0.15) is 37.2 Å². The Morgan fingerprint density at radius 2 is 1.94 bits per heavy atom. The summed E-state index contributed by atoms with van der Waals surface area (Å²) in [6.45, 7) is 8.14. The molecular weight excluding hydrogens is 453 g/mol. The Morgan fingerprint density at radius 3 is 2.61 bits per heavy atom. The van der Waals surface area contributed by atoms with Gasteiger partial charge in [-0.15, -0.1) is 0 Å². The number of nitrogens with zero attached hydrogens (tertiary/aromatic N) is 4. The summed E-state index contributed by atoms with van der Waals surface area (Å²) in [5.41, 5.74) is 3.80. The highest BCUT2D eigenvalue weighted by Crippen LogP contribution is 2.32. The molecule has 3 heterocycles. The average molecular weight is 474 g/mol. The Kier molecular flexibility index (Phi) is 5.85. The van der Waals surface area contributed by atoms with Gasteiger partial charge in [-0.2, -0.15) is 15.1 Å². The maximum atomic E-state index is 12.7. The van der Waals surface area contributed by atoms with Gasteiger partial charge in [0.1, 0.15) is 5.04 Å². The first-order valence-corrected chi connectivity index (χ1v) is 11.4. The van der Waals surface area contributed by atoms with E-state index in [1.807, 2.05) is 30.5 Å². The second kappa shape index (κ2) is 8.30. The first-order chi connectivity index (χ1) is 14.7. The summed E-state index contributed by atoms with van der Waals surface area (Å²) >= 11 is 13.6. The van der Waals surface area contributed by atoms with Crippen LogP contribution in [0.2, 0.25) is 10.0 Å². The predicted molar refractivity (Wildman–Crippen MR) is 130 cm³/mol. The van der Waals surface area contributed by atoms with Crippen molar-refractivity contribution < 1.29 is 4.79 Å². The summed E-state index contributed by atoms with van der Waals surface area (Å²) in [6.07, 6.45) is 2.49. The molecule has 2 aromatic rings. The Morgan fingerprint density at radius 1 is 1.19 bits per heavy atom. The van der Waals surface area contributed by atoms with E-state index in [-0.39, 0.29) is 11.4 Å². The molecule has 0 radical (unpaired) electrons. The van der Waals surface area contributed by atoms with Crippen molar-refractivity contribution in [2.75, 3.05) is 0 Å². The highest BCUT2D eigenvalue weighted by atomic mass is 35.5. The second-order valence-electron chi connectivity index (χ2n) is 7.87. The SMILES string of the molecule is Cc1cc(/C=C2\C(=N)N3N=C(CC(C)C)SC3=NC2=O)c(C)n1-c1ccc(Cl)c(Cl)c1. The quantitative estimate of drug-likeness (QED) is 0.547. The van der Waals surface area contributed by atoms with Crippen LogP contribution in [0.5, 0.6) is 0 Å². The minimum Gasteiger partial charge on any atom is -0.318 e. The first kappa shape index (κ1) is 21.9.